The average molecular weight is 381 g/mol. The summed E-state index contributed by atoms with van der Waals surface area (Å²) in [5.74, 6) is -0.783. The molecule has 27 heavy (non-hydrogen) atoms. The van der Waals surface area contributed by atoms with Gasteiger partial charge < -0.3 is 15.0 Å². The van der Waals surface area contributed by atoms with Crippen LogP contribution in [-0.4, -0.2) is 65.4 Å². The second-order valence-electron chi connectivity index (χ2n) is 8.36. The van der Waals surface area contributed by atoms with Crippen LogP contribution < -0.4 is 5.32 Å². The minimum atomic E-state index is -0.849. The third-order valence-electron chi connectivity index (χ3n) is 4.87. The van der Waals surface area contributed by atoms with E-state index < -0.39 is 24.1 Å². The fraction of sp³-hybridized carbons (Fsp3) is 0.789. The maximum Gasteiger partial charge on any atom is 0.326 e. The Labute approximate surface area is 160 Å². The van der Waals surface area contributed by atoms with Crippen molar-refractivity contribution >= 4 is 23.8 Å². The van der Waals surface area contributed by atoms with Crippen molar-refractivity contribution in [3.05, 3.63) is 0 Å². The molecule has 8 heteroatoms. The second-order valence-corrected chi connectivity index (χ2v) is 8.36. The summed E-state index contributed by atoms with van der Waals surface area (Å²) >= 11 is 0. The molecule has 2 aliphatic rings. The van der Waals surface area contributed by atoms with Gasteiger partial charge in [-0.3, -0.25) is 19.3 Å². The quantitative estimate of drug-likeness (QED) is 0.508. The molecule has 1 saturated heterocycles. The number of amides is 4. The molecule has 1 aliphatic carbocycles. The molecule has 8 nitrogen and oxygen atoms in total. The minimum absolute atomic E-state index is 0.268. The molecule has 0 aromatic rings. The zero-order valence-electron chi connectivity index (χ0n) is 16.7. The van der Waals surface area contributed by atoms with E-state index in [4.69, 9.17) is 4.74 Å². The molecule has 0 radical (unpaired) electrons. The predicted molar refractivity (Wildman–Crippen MR) is 98.7 cm³/mol. The van der Waals surface area contributed by atoms with Gasteiger partial charge in [0, 0.05) is 13.1 Å². The molecule has 1 N–H and O–H groups in total. The average Bonchev–Trinajstić information content (AvgIpc) is 3.12. The Morgan fingerprint density at radius 2 is 1.67 bits per heavy atom. The highest BCUT2D eigenvalue weighted by atomic mass is 16.5. The standard InChI is InChI=1S/C19H31N3O5/c1-13(2)9-21(10-14(3)4)15(23)12-27-16(24)11-22-17(25)19(20-18(22)26)7-5-6-8-19/h13-14H,5-12H2,1-4H3,(H,20,26). The molecule has 1 saturated carbocycles. The molecular formula is C19H31N3O5. The number of nitrogens with zero attached hydrogens (tertiary/aromatic N) is 2. The molecule has 0 aromatic heterocycles. The zero-order valence-corrected chi connectivity index (χ0v) is 16.7. The summed E-state index contributed by atoms with van der Waals surface area (Å²) < 4.78 is 5.05. The number of carbonyl (C=O) groups is 4. The number of rotatable bonds is 8. The van der Waals surface area contributed by atoms with E-state index in [2.05, 4.69) is 5.32 Å². The van der Waals surface area contributed by atoms with Crippen LogP contribution in [0.3, 0.4) is 0 Å². The van der Waals surface area contributed by atoms with E-state index in [9.17, 15) is 19.2 Å². The van der Waals surface area contributed by atoms with Crippen molar-refractivity contribution in [3.63, 3.8) is 0 Å². The van der Waals surface area contributed by atoms with E-state index in [0.717, 1.165) is 17.7 Å². The van der Waals surface area contributed by atoms with Crippen molar-refractivity contribution in [2.45, 2.75) is 58.9 Å². The van der Waals surface area contributed by atoms with Crippen molar-refractivity contribution < 1.29 is 23.9 Å². The predicted octanol–water partition coefficient (Wildman–Crippen LogP) is 1.53. The summed E-state index contributed by atoms with van der Waals surface area (Å²) in [6.07, 6.45) is 2.95. The van der Waals surface area contributed by atoms with Gasteiger partial charge in [-0.1, -0.05) is 40.5 Å². The molecule has 0 bridgehead atoms. The number of hydrogen-bond acceptors (Lipinski definition) is 5. The van der Waals surface area contributed by atoms with E-state index in [1.54, 1.807) is 4.90 Å². The summed E-state index contributed by atoms with van der Waals surface area (Å²) in [6, 6.07) is -0.564. The van der Waals surface area contributed by atoms with Crippen LogP contribution in [0.2, 0.25) is 0 Å². The Balaban J connectivity index is 1.87. The van der Waals surface area contributed by atoms with Gasteiger partial charge in [0.25, 0.3) is 11.8 Å². The molecule has 2 rings (SSSR count). The van der Waals surface area contributed by atoms with Gasteiger partial charge in [0.2, 0.25) is 0 Å². The van der Waals surface area contributed by atoms with Crippen molar-refractivity contribution in [2.24, 2.45) is 11.8 Å². The summed E-state index contributed by atoms with van der Waals surface area (Å²) in [6.45, 7) is 8.40. The van der Waals surface area contributed by atoms with Crippen molar-refractivity contribution in [3.8, 4) is 0 Å². The summed E-state index contributed by atoms with van der Waals surface area (Å²) in [5.41, 5.74) is -0.849. The molecule has 2 fully saturated rings. The van der Waals surface area contributed by atoms with Crippen molar-refractivity contribution in [2.75, 3.05) is 26.2 Å². The Morgan fingerprint density at radius 1 is 1.11 bits per heavy atom. The largest absolute Gasteiger partial charge is 0.454 e. The Hall–Kier alpha value is -2.12. The maximum absolute atomic E-state index is 12.5. The lowest BCUT2D eigenvalue weighted by atomic mass is 9.98. The number of ether oxygens (including phenoxy) is 1. The fourth-order valence-electron chi connectivity index (χ4n) is 3.71. The number of imide groups is 1. The molecule has 4 amide bonds. The first kappa shape index (κ1) is 21.2. The number of nitrogens with one attached hydrogen (secondary N) is 1. The van der Waals surface area contributed by atoms with Gasteiger partial charge in [-0.25, -0.2) is 4.79 Å². The van der Waals surface area contributed by atoms with E-state index in [1.807, 2.05) is 27.7 Å². The number of hydrogen-bond donors (Lipinski definition) is 1. The Morgan fingerprint density at radius 3 is 2.19 bits per heavy atom. The van der Waals surface area contributed by atoms with Crippen LogP contribution in [0.4, 0.5) is 4.79 Å². The van der Waals surface area contributed by atoms with Crippen LogP contribution >= 0.6 is 0 Å². The van der Waals surface area contributed by atoms with Crippen LogP contribution in [0.1, 0.15) is 53.4 Å². The molecule has 0 atom stereocenters. The first-order valence-corrected chi connectivity index (χ1v) is 9.72. The van der Waals surface area contributed by atoms with Crippen LogP contribution in [0.15, 0.2) is 0 Å². The lowest BCUT2D eigenvalue weighted by Gasteiger charge is -2.26. The normalized spacial score (nSPS) is 18.5. The number of esters is 1. The van der Waals surface area contributed by atoms with E-state index in [1.165, 1.54) is 0 Å². The molecule has 1 aliphatic heterocycles. The maximum atomic E-state index is 12.5. The monoisotopic (exact) mass is 381 g/mol. The molecule has 1 heterocycles. The highest BCUT2D eigenvalue weighted by molar-refractivity contribution is 6.08. The van der Waals surface area contributed by atoms with Crippen molar-refractivity contribution in [1.82, 2.24) is 15.1 Å². The minimum Gasteiger partial charge on any atom is -0.454 e. The van der Waals surface area contributed by atoms with Gasteiger partial charge in [0.1, 0.15) is 12.1 Å². The zero-order chi connectivity index (χ0) is 20.2. The molecule has 0 aromatic carbocycles. The summed E-state index contributed by atoms with van der Waals surface area (Å²) in [4.78, 5) is 51.7. The van der Waals surface area contributed by atoms with Crippen LogP contribution in [0.25, 0.3) is 0 Å². The van der Waals surface area contributed by atoms with E-state index >= 15 is 0 Å². The second kappa shape index (κ2) is 8.71. The van der Waals surface area contributed by atoms with Gasteiger partial charge in [-0.2, -0.15) is 0 Å². The molecule has 0 unspecified atom stereocenters. The lowest BCUT2D eigenvalue weighted by molar-refractivity contribution is -0.154. The van der Waals surface area contributed by atoms with Gasteiger partial charge in [0.15, 0.2) is 6.61 Å². The summed E-state index contributed by atoms with van der Waals surface area (Å²) in [7, 11) is 0. The third kappa shape index (κ3) is 5.20. The first-order valence-electron chi connectivity index (χ1n) is 9.72. The molecular weight excluding hydrogens is 350 g/mol. The van der Waals surface area contributed by atoms with Gasteiger partial charge >= 0.3 is 12.0 Å². The fourth-order valence-corrected chi connectivity index (χ4v) is 3.71. The lowest BCUT2D eigenvalue weighted by Crippen LogP contribution is -2.44. The summed E-state index contributed by atoms with van der Waals surface area (Å²) in [5, 5.41) is 2.72. The van der Waals surface area contributed by atoms with Crippen LogP contribution in [0.5, 0.6) is 0 Å². The Bertz CT molecular complexity index is 586. The van der Waals surface area contributed by atoms with E-state index in [0.29, 0.717) is 37.8 Å². The third-order valence-corrected chi connectivity index (χ3v) is 4.87. The Kier molecular flexibility index (Phi) is 6.84. The number of carbonyl (C=O) groups excluding carboxylic acids is 4. The topological polar surface area (TPSA) is 96.0 Å². The van der Waals surface area contributed by atoms with Gasteiger partial charge in [0.05, 0.1) is 0 Å². The van der Waals surface area contributed by atoms with Crippen LogP contribution in [0, 0.1) is 11.8 Å². The molecule has 1 spiro atoms. The smallest absolute Gasteiger partial charge is 0.326 e. The van der Waals surface area contributed by atoms with Gasteiger partial charge in [-0.05, 0) is 24.7 Å². The molecule has 152 valence electrons. The highest BCUT2D eigenvalue weighted by Crippen LogP contribution is 2.34. The van der Waals surface area contributed by atoms with Crippen LogP contribution in [-0.2, 0) is 19.1 Å². The highest BCUT2D eigenvalue weighted by Gasteiger charge is 2.52. The number of urea groups is 1. The van der Waals surface area contributed by atoms with E-state index in [-0.39, 0.29) is 18.4 Å². The van der Waals surface area contributed by atoms with Gasteiger partial charge in [-0.15, -0.1) is 0 Å². The first-order chi connectivity index (χ1) is 12.6. The van der Waals surface area contributed by atoms with Crippen molar-refractivity contribution in [1.29, 1.82) is 0 Å². The SMILES string of the molecule is CC(C)CN(CC(C)C)C(=O)COC(=O)CN1C(=O)NC2(CCCC2)C1=O.